The molecule has 3 nitrogen and oxygen atoms in total. The first-order valence-electron chi connectivity index (χ1n) is 4.23. The minimum atomic E-state index is -1.49. The molecule has 0 bridgehead atoms. The molecular weight excluding hydrogens is 200 g/mol. The summed E-state index contributed by atoms with van der Waals surface area (Å²) in [7, 11) is -1.49. The number of aromatic amines is 1. The normalized spacial score (nSPS) is 10.9. The van der Waals surface area contributed by atoms with Crippen molar-refractivity contribution in [2.45, 2.75) is 6.92 Å². The topological polar surface area (TPSA) is 56.2 Å². The van der Waals surface area contributed by atoms with Gasteiger partial charge in [-0.05, 0) is 18.6 Å². The standard InChI is InChI=1S/C9H9BClNO2/c1-5-2-3-6-4-7(10(13)14)12-9(6)8(5)11/h2-4,12-14H,1H3. The van der Waals surface area contributed by atoms with Crippen LogP contribution in [0.25, 0.3) is 10.9 Å². The number of halogens is 1. The van der Waals surface area contributed by atoms with Crippen LogP contribution < -0.4 is 5.59 Å². The second kappa shape index (κ2) is 3.31. The molecule has 1 heterocycles. The molecule has 0 saturated carbocycles. The summed E-state index contributed by atoms with van der Waals surface area (Å²) in [5.41, 5.74) is 2.06. The molecule has 0 aliphatic carbocycles. The fraction of sp³-hybridized carbons (Fsp3) is 0.111. The van der Waals surface area contributed by atoms with Crippen molar-refractivity contribution in [3.05, 3.63) is 28.8 Å². The molecule has 14 heavy (non-hydrogen) atoms. The number of fused-ring (bicyclic) bond motifs is 1. The Bertz CT molecular complexity index is 481. The Morgan fingerprint density at radius 1 is 1.36 bits per heavy atom. The van der Waals surface area contributed by atoms with E-state index in [1.807, 2.05) is 19.1 Å². The molecule has 0 amide bonds. The maximum Gasteiger partial charge on any atom is 0.505 e. The van der Waals surface area contributed by atoms with E-state index < -0.39 is 7.12 Å². The molecular formula is C9H9BClNO2. The van der Waals surface area contributed by atoms with E-state index in [2.05, 4.69) is 4.98 Å². The summed E-state index contributed by atoms with van der Waals surface area (Å²) in [6.45, 7) is 1.90. The van der Waals surface area contributed by atoms with Crippen molar-refractivity contribution in [1.82, 2.24) is 4.98 Å². The molecule has 2 aromatic rings. The molecule has 0 aliphatic heterocycles. The van der Waals surface area contributed by atoms with Crippen molar-refractivity contribution < 1.29 is 10.0 Å². The highest BCUT2D eigenvalue weighted by Crippen LogP contribution is 2.24. The van der Waals surface area contributed by atoms with E-state index in [-0.39, 0.29) is 0 Å². The van der Waals surface area contributed by atoms with Crippen LogP contribution in [-0.2, 0) is 0 Å². The van der Waals surface area contributed by atoms with E-state index >= 15 is 0 Å². The highest BCUT2D eigenvalue weighted by atomic mass is 35.5. The van der Waals surface area contributed by atoms with Gasteiger partial charge in [-0.1, -0.05) is 23.7 Å². The number of aromatic nitrogens is 1. The SMILES string of the molecule is Cc1ccc2cc(B(O)O)[nH]c2c1Cl. The summed E-state index contributed by atoms with van der Waals surface area (Å²) in [5.74, 6) is 0. The summed E-state index contributed by atoms with van der Waals surface area (Å²) in [6.07, 6.45) is 0. The predicted molar refractivity (Wildman–Crippen MR) is 57.9 cm³/mol. The maximum atomic E-state index is 8.97. The summed E-state index contributed by atoms with van der Waals surface area (Å²) in [6, 6.07) is 5.45. The minimum Gasteiger partial charge on any atom is -0.422 e. The third kappa shape index (κ3) is 1.41. The highest BCUT2D eigenvalue weighted by Gasteiger charge is 2.15. The fourth-order valence-electron chi connectivity index (χ4n) is 1.43. The number of H-pyrrole nitrogens is 1. The van der Waals surface area contributed by atoms with Crippen molar-refractivity contribution >= 4 is 35.2 Å². The van der Waals surface area contributed by atoms with Gasteiger partial charge >= 0.3 is 7.12 Å². The number of benzene rings is 1. The Hall–Kier alpha value is -0.965. The van der Waals surface area contributed by atoms with Crippen LogP contribution in [0.2, 0.25) is 5.02 Å². The molecule has 3 N–H and O–H groups in total. The summed E-state index contributed by atoms with van der Waals surface area (Å²) >= 11 is 6.05. The molecule has 0 radical (unpaired) electrons. The number of aryl methyl sites for hydroxylation is 1. The van der Waals surface area contributed by atoms with Gasteiger partial charge in [0.1, 0.15) is 0 Å². The Morgan fingerprint density at radius 2 is 2.07 bits per heavy atom. The van der Waals surface area contributed by atoms with Crippen molar-refractivity contribution in [2.75, 3.05) is 0 Å². The lowest BCUT2D eigenvalue weighted by atomic mass is 9.86. The van der Waals surface area contributed by atoms with Crippen molar-refractivity contribution in [2.24, 2.45) is 0 Å². The third-order valence-electron chi connectivity index (χ3n) is 2.23. The smallest absolute Gasteiger partial charge is 0.422 e. The van der Waals surface area contributed by atoms with E-state index in [1.165, 1.54) is 0 Å². The summed E-state index contributed by atoms with van der Waals surface area (Å²) < 4.78 is 0. The van der Waals surface area contributed by atoms with Crippen LogP contribution in [0.1, 0.15) is 5.56 Å². The molecule has 72 valence electrons. The quantitative estimate of drug-likeness (QED) is 0.609. The van der Waals surface area contributed by atoms with E-state index in [0.717, 1.165) is 16.5 Å². The van der Waals surface area contributed by atoms with E-state index in [9.17, 15) is 0 Å². The molecule has 0 fully saturated rings. The highest BCUT2D eigenvalue weighted by molar-refractivity contribution is 6.58. The zero-order chi connectivity index (χ0) is 10.3. The Morgan fingerprint density at radius 3 is 2.71 bits per heavy atom. The van der Waals surface area contributed by atoms with E-state index in [4.69, 9.17) is 21.6 Å². The van der Waals surface area contributed by atoms with Crippen LogP contribution in [0.3, 0.4) is 0 Å². The average molecular weight is 209 g/mol. The van der Waals surface area contributed by atoms with Crippen LogP contribution in [-0.4, -0.2) is 22.2 Å². The third-order valence-corrected chi connectivity index (χ3v) is 2.71. The number of nitrogens with one attached hydrogen (secondary N) is 1. The molecule has 0 unspecified atom stereocenters. The van der Waals surface area contributed by atoms with E-state index in [1.54, 1.807) is 6.07 Å². The van der Waals surface area contributed by atoms with Crippen LogP contribution in [0, 0.1) is 6.92 Å². The van der Waals surface area contributed by atoms with Gasteiger partial charge in [0.15, 0.2) is 0 Å². The Balaban J connectivity index is 2.71. The lowest BCUT2D eigenvalue weighted by Gasteiger charge is -1.97. The first-order chi connectivity index (χ1) is 6.59. The molecule has 0 saturated heterocycles. The molecule has 5 heteroatoms. The predicted octanol–water partition coefficient (Wildman–Crippen LogP) is 0.810. The molecule has 0 atom stereocenters. The van der Waals surface area contributed by atoms with Crippen LogP contribution in [0.5, 0.6) is 0 Å². The second-order valence-corrected chi connectivity index (χ2v) is 3.64. The van der Waals surface area contributed by atoms with Crippen molar-refractivity contribution in [1.29, 1.82) is 0 Å². The zero-order valence-electron chi connectivity index (χ0n) is 7.58. The van der Waals surface area contributed by atoms with Gasteiger partial charge in [-0.2, -0.15) is 0 Å². The van der Waals surface area contributed by atoms with Gasteiger partial charge in [-0.3, -0.25) is 0 Å². The largest absolute Gasteiger partial charge is 0.505 e. The Kier molecular flexibility index (Phi) is 2.27. The van der Waals surface area contributed by atoms with Gasteiger partial charge in [0.2, 0.25) is 0 Å². The zero-order valence-corrected chi connectivity index (χ0v) is 8.34. The van der Waals surface area contributed by atoms with Gasteiger partial charge in [-0.25, -0.2) is 0 Å². The summed E-state index contributed by atoms with van der Waals surface area (Å²) in [4.78, 5) is 2.87. The van der Waals surface area contributed by atoms with Gasteiger partial charge < -0.3 is 15.0 Å². The second-order valence-electron chi connectivity index (χ2n) is 3.26. The molecule has 0 aliphatic rings. The van der Waals surface area contributed by atoms with Crippen molar-refractivity contribution in [3.8, 4) is 0 Å². The van der Waals surface area contributed by atoms with Gasteiger partial charge in [0.05, 0.1) is 10.5 Å². The fourth-order valence-corrected chi connectivity index (χ4v) is 1.65. The van der Waals surface area contributed by atoms with Gasteiger partial charge in [0, 0.05) is 11.0 Å². The minimum absolute atomic E-state index is 0.354. The first-order valence-corrected chi connectivity index (χ1v) is 4.61. The molecule has 0 spiro atoms. The van der Waals surface area contributed by atoms with E-state index in [0.29, 0.717) is 10.6 Å². The van der Waals surface area contributed by atoms with Gasteiger partial charge in [-0.15, -0.1) is 0 Å². The Labute approximate surface area is 86.5 Å². The van der Waals surface area contributed by atoms with Gasteiger partial charge in [0.25, 0.3) is 0 Å². The monoisotopic (exact) mass is 209 g/mol. The lowest BCUT2D eigenvalue weighted by molar-refractivity contribution is 0.424. The average Bonchev–Trinajstić information content (AvgIpc) is 2.56. The molecule has 1 aromatic carbocycles. The van der Waals surface area contributed by atoms with Crippen LogP contribution >= 0.6 is 11.6 Å². The number of hydrogen-bond acceptors (Lipinski definition) is 2. The van der Waals surface area contributed by atoms with Crippen LogP contribution in [0.4, 0.5) is 0 Å². The lowest BCUT2D eigenvalue weighted by Crippen LogP contribution is -2.30. The molecule has 1 aromatic heterocycles. The van der Waals surface area contributed by atoms with Crippen molar-refractivity contribution in [3.63, 3.8) is 0 Å². The van der Waals surface area contributed by atoms with Crippen LogP contribution in [0.15, 0.2) is 18.2 Å². The number of hydrogen-bond donors (Lipinski definition) is 3. The summed E-state index contributed by atoms with van der Waals surface area (Å²) in [5, 5.41) is 19.4. The molecule has 2 rings (SSSR count). The maximum absolute atomic E-state index is 8.97. The number of rotatable bonds is 1. The first kappa shape index (κ1) is 9.58.